The van der Waals surface area contributed by atoms with Gasteiger partial charge >= 0.3 is 7.12 Å². The Morgan fingerprint density at radius 3 is 2.86 bits per heavy atom. The van der Waals surface area contributed by atoms with E-state index < -0.39 is 12.9 Å². The fraction of sp³-hybridized carbons (Fsp3) is 0.133. The molecule has 1 aliphatic heterocycles. The summed E-state index contributed by atoms with van der Waals surface area (Å²) >= 11 is 0. The highest BCUT2D eigenvalue weighted by Gasteiger charge is 2.27. The van der Waals surface area contributed by atoms with E-state index in [-0.39, 0.29) is 11.5 Å². The van der Waals surface area contributed by atoms with Crippen molar-refractivity contribution in [3.05, 3.63) is 53.3 Å². The molecule has 0 fully saturated rings. The Kier molecular flexibility index (Phi) is 3.49. The lowest BCUT2D eigenvalue weighted by molar-refractivity contribution is 0.101. The van der Waals surface area contributed by atoms with Gasteiger partial charge in [-0.1, -0.05) is 6.07 Å². The van der Waals surface area contributed by atoms with Gasteiger partial charge in [-0.2, -0.15) is 0 Å². The third-order valence-electron chi connectivity index (χ3n) is 3.34. The molecule has 0 atom stereocenters. The maximum atomic E-state index is 13.9. The van der Waals surface area contributed by atoms with Crippen LogP contribution >= 0.6 is 0 Å². The Balaban J connectivity index is 1.86. The van der Waals surface area contributed by atoms with Crippen LogP contribution in [0.5, 0.6) is 11.5 Å². The number of Topliss-reactive ketones (excluding diaryl/α,β-unsaturated/α-hetero) is 1. The molecule has 1 heterocycles. The van der Waals surface area contributed by atoms with Crippen molar-refractivity contribution in [2.24, 2.45) is 0 Å². The van der Waals surface area contributed by atoms with E-state index in [9.17, 15) is 14.2 Å². The van der Waals surface area contributed by atoms with Crippen LogP contribution in [0.3, 0.4) is 0 Å². The quantitative estimate of drug-likeness (QED) is 0.693. The van der Waals surface area contributed by atoms with Gasteiger partial charge in [0.25, 0.3) is 0 Å². The van der Waals surface area contributed by atoms with E-state index in [1.807, 2.05) is 0 Å². The molecule has 2 aromatic rings. The molecule has 0 aliphatic carbocycles. The van der Waals surface area contributed by atoms with E-state index in [2.05, 4.69) is 0 Å². The van der Waals surface area contributed by atoms with Crippen molar-refractivity contribution in [1.29, 1.82) is 0 Å². The van der Waals surface area contributed by atoms with Crippen LogP contribution in [0.4, 0.5) is 4.39 Å². The number of carbonyl (C=O) groups excluding carboxylic acids is 1. The average Bonchev–Trinajstić information content (AvgIpc) is 2.82. The van der Waals surface area contributed by atoms with Crippen LogP contribution in [-0.2, 0) is 11.3 Å². The maximum Gasteiger partial charge on any atom is 0.491 e. The number of ketones is 1. The van der Waals surface area contributed by atoms with E-state index in [4.69, 9.17) is 9.39 Å². The zero-order chi connectivity index (χ0) is 15.0. The summed E-state index contributed by atoms with van der Waals surface area (Å²) < 4.78 is 24.5. The molecule has 0 radical (unpaired) electrons. The molecule has 0 spiro atoms. The molecule has 0 saturated carbocycles. The molecule has 6 heteroatoms. The molecule has 3 rings (SSSR count). The van der Waals surface area contributed by atoms with Gasteiger partial charge in [0.15, 0.2) is 17.3 Å². The van der Waals surface area contributed by atoms with Gasteiger partial charge in [0, 0.05) is 5.56 Å². The lowest BCUT2D eigenvalue weighted by Gasteiger charge is -2.09. The topological polar surface area (TPSA) is 55.8 Å². The van der Waals surface area contributed by atoms with Gasteiger partial charge in [-0.15, -0.1) is 0 Å². The van der Waals surface area contributed by atoms with Crippen LogP contribution in [0, 0.1) is 5.82 Å². The molecule has 0 amide bonds. The average molecular weight is 286 g/mol. The van der Waals surface area contributed by atoms with E-state index in [1.165, 1.54) is 19.1 Å². The molecule has 0 bridgehead atoms. The molecule has 1 aliphatic rings. The van der Waals surface area contributed by atoms with Gasteiger partial charge < -0.3 is 14.4 Å². The zero-order valence-corrected chi connectivity index (χ0v) is 11.3. The molecule has 0 saturated heterocycles. The lowest BCUT2D eigenvalue weighted by Crippen LogP contribution is -2.27. The van der Waals surface area contributed by atoms with E-state index in [1.54, 1.807) is 18.2 Å². The van der Waals surface area contributed by atoms with Crippen LogP contribution in [0.25, 0.3) is 0 Å². The summed E-state index contributed by atoms with van der Waals surface area (Å²) in [5, 5.41) is 9.53. The summed E-state index contributed by atoms with van der Waals surface area (Å²) in [5.41, 5.74) is 1.79. The van der Waals surface area contributed by atoms with Crippen LogP contribution in [0.15, 0.2) is 36.4 Å². The monoisotopic (exact) mass is 286 g/mol. The van der Waals surface area contributed by atoms with Crippen LogP contribution < -0.4 is 10.2 Å². The Hall–Kier alpha value is -2.18. The first-order chi connectivity index (χ1) is 10.0. The second kappa shape index (κ2) is 5.31. The molecule has 0 unspecified atom stereocenters. The van der Waals surface area contributed by atoms with Crippen molar-refractivity contribution in [2.75, 3.05) is 0 Å². The summed E-state index contributed by atoms with van der Waals surface area (Å²) in [5.74, 6) is -0.316. The van der Waals surface area contributed by atoms with Gasteiger partial charge in [-0.3, -0.25) is 4.79 Å². The van der Waals surface area contributed by atoms with Crippen LogP contribution in [-0.4, -0.2) is 17.9 Å². The second-order valence-electron chi connectivity index (χ2n) is 4.83. The van der Waals surface area contributed by atoms with Crippen LogP contribution in [0.1, 0.15) is 22.8 Å². The first-order valence-electron chi connectivity index (χ1n) is 6.45. The highest BCUT2D eigenvalue weighted by molar-refractivity contribution is 6.61. The number of halogens is 1. The highest BCUT2D eigenvalue weighted by atomic mass is 19.1. The molecule has 4 nitrogen and oxygen atoms in total. The highest BCUT2D eigenvalue weighted by Crippen LogP contribution is 2.26. The molecular formula is C15H12BFO4. The number of hydrogen-bond acceptors (Lipinski definition) is 4. The summed E-state index contributed by atoms with van der Waals surface area (Å²) in [6.45, 7) is 1.67. The Morgan fingerprint density at radius 1 is 1.33 bits per heavy atom. The molecule has 106 valence electrons. The summed E-state index contributed by atoms with van der Waals surface area (Å²) in [4.78, 5) is 11.2. The summed E-state index contributed by atoms with van der Waals surface area (Å²) in [7, 11) is -0.916. The van der Waals surface area contributed by atoms with Gasteiger partial charge in [-0.05, 0) is 48.3 Å². The first-order valence-corrected chi connectivity index (χ1v) is 6.45. The number of ether oxygens (including phenoxy) is 1. The normalized spacial score (nSPS) is 13.2. The van der Waals surface area contributed by atoms with Crippen molar-refractivity contribution in [3.8, 4) is 11.5 Å². The lowest BCUT2D eigenvalue weighted by atomic mass is 9.80. The number of rotatable bonds is 3. The fourth-order valence-corrected chi connectivity index (χ4v) is 2.20. The third-order valence-corrected chi connectivity index (χ3v) is 3.34. The SMILES string of the molecule is CC(=O)c1ccc(Oc2ccc3c(c2)COB3O)c(F)c1. The zero-order valence-electron chi connectivity index (χ0n) is 11.3. The molecule has 21 heavy (non-hydrogen) atoms. The minimum Gasteiger partial charge on any atom is -0.454 e. The van der Waals surface area contributed by atoms with Crippen molar-refractivity contribution in [1.82, 2.24) is 0 Å². The van der Waals surface area contributed by atoms with Gasteiger partial charge in [0.05, 0.1) is 6.61 Å². The van der Waals surface area contributed by atoms with Crippen molar-refractivity contribution >= 4 is 18.4 Å². The van der Waals surface area contributed by atoms with Gasteiger partial charge in [-0.25, -0.2) is 4.39 Å². The number of hydrogen-bond donors (Lipinski definition) is 1. The molecule has 2 aromatic carbocycles. The minimum atomic E-state index is -0.916. The number of fused-ring (bicyclic) bond motifs is 1. The van der Waals surface area contributed by atoms with E-state index in [0.29, 0.717) is 23.4 Å². The minimum absolute atomic E-state index is 0.0411. The van der Waals surface area contributed by atoms with E-state index >= 15 is 0 Å². The predicted octanol–water partition coefficient (Wildman–Crippen LogP) is 2.04. The van der Waals surface area contributed by atoms with Gasteiger partial charge in [0.2, 0.25) is 0 Å². The summed E-state index contributed by atoms with van der Waals surface area (Å²) in [6, 6.07) is 9.10. The summed E-state index contributed by atoms with van der Waals surface area (Å²) in [6.07, 6.45) is 0. The standard InChI is InChI=1S/C15H12BFO4/c1-9(18)10-2-5-15(14(17)7-10)21-12-3-4-13-11(6-12)8-20-16(13)19/h2-7,19H,8H2,1H3. The Labute approximate surface area is 121 Å². The Bertz CT molecular complexity index is 717. The maximum absolute atomic E-state index is 13.9. The van der Waals surface area contributed by atoms with Crippen molar-refractivity contribution in [3.63, 3.8) is 0 Å². The van der Waals surface area contributed by atoms with Gasteiger partial charge in [0.1, 0.15) is 5.75 Å². The van der Waals surface area contributed by atoms with E-state index in [0.717, 1.165) is 11.6 Å². The molecule has 1 N–H and O–H groups in total. The number of carbonyl (C=O) groups is 1. The van der Waals surface area contributed by atoms with Crippen LogP contribution in [0.2, 0.25) is 0 Å². The fourth-order valence-electron chi connectivity index (χ4n) is 2.20. The predicted molar refractivity (Wildman–Crippen MR) is 75.3 cm³/mol. The first kappa shape index (κ1) is 13.8. The van der Waals surface area contributed by atoms with Crippen molar-refractivity contribution in [2.45, 2.75) is 13.5 Å². The molecule has 0 aromatic heterocycles. The largest absolute Gasteiger partial charge is 0.491 e. The second-order valence-corrected chi connectivity index (χ2v) is 4.83. The molecular weight excluding hydrogens is 274 g/mol. The third kappa shape index (κ3) is 2.68. The Morgan fingerprint density at radius 2 is 2.14 bits per heavy atom. The smallest absolute Gasteiger partial charge is 0.454 e. The van der Waals surface area contributed by atoms with Crippen molar-refractivity contribution < 1.29 is 23.6 Å². The number of benzene rings is 2.